The van der Waals surface area contributed by atoms with E-state index in [1.807, 2.05) is 38.2 Å². The molecular weight excluding hydrogens is 300 g/mol. The van der Waals surface area contributed by atoms with Crippen molar-refractivity contribution in [2.75, 3.05) is 7.05 Å². The standard InChI is InChI=1S/C20H25N2O2/c1-5-6-9-16-12-18(19(23)21-4)20(24)22(13-16)15(3)17-10-7-8-14(2)11-17/h7-8,10-13,15H,1,5-6,9H2,2-4H3,(H,21,23). The molecule has 0 aliphatic heterocycles. The van der Waals surface area contributed by atoms with Crippen LogP contribution in [0, 0.1) is 13.8 Å². The Morgan fingerprint density at radius 1 is 1.33 bits per heavy atom. The fraction of sp³-hybridized carbons (Fsp3) is 0.350. The summed E-state index contributed by atoms with van der Waals surface area (Å²) in [5.74, 6) is -0.346. The van der Waals surface area contributed by atoms with E-state index in [2.05, 4.69) is 18.3 Å². The Labute approximate surface area is 143 Å². The number of rotatable bonds is 6. The van der Waals surface area contributed by atoms with E-state index < -0.39 is 0 Å². The lowest BCUT2D eigenvalue weighted by molar-refractivity contribution is 0.0960. The second-order valence-corrected chi connectivity index (χ2v) is 6.10. The molecule has 0 aliphatic rings. The number of nitrogens with one attached hydrogen (secondary N) is 1. The first-order valence-electron chi connectivity index (χ1n) is 8.31. The highest BCUT2D eigenvalue weighted by molar-refractivity contribution is 5.93. The van der Waals surface area contributed by atoms with Gasteiger partial charge in [-0.1, -0.05) is 43.2 Å². The van der Waals surface area contributed by atoms with Crippen molar-refractivity contribution in [1.29, 1.82) is 0 Å². The lowest BCUT2D eigenvalue weighted by Gasteiger charge is -2.19. The maximum absolute atomic E-state index is 12.8. The van der Waals surface area contributed by atoms with Gasteiger partial charge in [-0.2, -0.15) is 0 Å². The Morgan fingerprint density at radius 2 is 2.08 bits per heavy atom. The van der Waals surface area contributed by atoms with Gasteiger partial charge in [0.1, 0.15) is 5.56 Å². The molecule has 1 atom stereocenters. The fourth-order valence-corrected chi connectivity index (χ4v) is 2.80. The van der Waals surface area contributed by atoms with Crippen molar-refractivity contribution in [3.63, 3.8) is 0 Å². The van der Waals surface area contributed by atoms with Gasteiger partial charge in [-0.25, -0.2) is 0 Å². The van der Waals surface area contributed by atoms with Gasteiger partial charge in [-0.15, -0.1) is 0 Å². The summed E-state index contributed by atoms with van der Waals surface area (Å²) in [7, 11) is 1.54. The molecule has 0 fully saturated rings. The first kappa shape index (κ1) is 18.0. The topological polar surface area (TPSA) is 51.1 Å². The number of aryl methyl sites for hydroxylation is 2. The zero-order valence-corrected chi connectivity index (χ0v) is 14.6. The number of hydrogen-bond donors (Lipinski definition) is 1. The summed E-state index contributed by atoms with van der Waals surface area (Å²) in [5.41, 5.74) is 3.11. The van der Waals surface area contributed by atoms with Gasteiger partial charge < -0.3 is 9.88 Å². The van der Waals surface area contributed by atoms with Crippen molar-refractivity contribution in [3.05, 3.63) is 76.1 Å². The van der Waals surface area contributed by atoms with Crippen LogP contribution in [0.4, 0.5) is 0 Å². The molecule has 1 aromatic carbocycles. The van der Waals surface area contributed by atoms with Gasteiger partial charge in [0.05, 0.1) is 6.04 Å². The predicted octanol–water partition coefficient (Wildman–Crippen LogP) is 3.28. The molecule has 1 aromatic heterocycles. The van der Waals surface area contributed by atoms with Crippen molar-refractivity contribution >= 4 is 5.91 Å². The molecule has 2 rings (SSSR count). The van der Waals surface area contributed by atoms with Crippen LogP contribution in [0.1, 0.15) is 52.9 Å². The van der Waals surface area contributed by atoms with Gasteiger partial charge in [0.25, 0.3) is 11.5 Å². The van der Waals surface area contributed by atoms with Gasteiger partial charge in [0.2, 0.25) is 0 Å². The summed E-state index contributed by atoms with van der Waals surface area (Å²) in [4.78, 5) is 24.9. The van der Waals surface area contributed by atoms with Crippen LogP contribution in [0.15, 0.2) is 41.3 Å². The molecule has 0 saturated heterocycles. The smallest absolute Gasteiger partial charge is 0.263 e. The summed E-state index contributed by atoms with van der Waals surface area (Å²) in [5, 5.41) is 2.56. The highest BCUT2D eigenvalue weighted by Crippen LogP contribution is 2.19. The second kappa shape index (κ2) is 7.95. The van der Waals surface area contributed by atoms with Crippen LogP contribution in [-0.2, 0) is 6.42 Å². The molecule has 0 bridgehead atoms. The zero-order valence-electron chi connectivity index (χ0n) is 14.6. The molecule has 2 aromatic rings. The number of nitrogens with zero attached hydrogens (tertiary/aromatic N) is 1. The summed E-state index contributed by atoms with van der Waals surface area (Å²) in [6.45, 7) is 7.87. The van der Waals surface area contributed by atoms with Gasteiger partial charge >= 0.3 is 0 Å². The number of aromatic nitrogens is 1. The third kappa shape index (κ3) is 3.94. The van der Waals surface area contributed by atoms with E-state index in [0.29, 0.717) is 0 Å². The van der Waals surface area contributed by atoms with E-state index in [-0.39, 0.29) is 23.1 Å². The molecule has 0 saturated carbocycles. The Balaban J connectivity index is 2.54. The average Bonchev–Trinajstić information content (AvgIpc) is 2.59. The van der Waals surface area contributed by atoms with Crippen LogP contribution < -0.4 is 10.9 Å². The van der Waals surface area contributed by atoms with Crippen LogP contribution in [-0.4, -0.2) is 17.5 Å². The molecule has 0 spiro atoms. The van der Waals surface area contributed by atoms with Crippen molar-refractivity contribution in [2.45, 2.75) is 39.2 Å². The number of benzene rings is 1. The highest BCUT2D eigenvalue weighted by atomic mass is 16.2. The van der Waals surface area contributed by atoms with E-state index in [9.17, 15) is 9.59 Å². The Kier molecular flexibility index (Phi) is 5.96. The summed E-state index contributed by atoms with van der Waals surface area (Å²) in [6, 6.07) is 9.65. The first-order chi connectivity index (χ1) is 11.5. The molecule has 1 amide bonds. The number of carbonyl (C=O) groups excluding carboxylic acids is 1. The van der Waals surface area contributed by atoms with Crippen molar-refractivity contribution in [1.82, 2.24) is 9.88 Å². The molecule has 1 unspecified atom stereocenters. The van der Waals surface area contributed by atoms with Gasteiger partial charge in [0.15, 0.2) is 0 Å². The molecule has 1 radical (unpaired) electrons. The normalized spacial score (nSPS) is 12.0. The number of carbonyl (C=O) groups is 1. The molecule has 4 heteroatoms. The van der Waals surface area contributed by atoms with E-state index in [0.717, 1.165) is 36.0 Å². The lowest BCUT2D eigenvalue weighted by atomic mass is 10.0. The maximum atomic E-state index is 12.8. The van der Waals surface area contributed by atoms with Crippen LogP contribution in [0.3, 0.4) is 0 Å². The van der Waals surface area contributed by atoms with Crippen molar-refractivity contribution in [2.24, 2.45) is 0 Å². The Morgan fingerprint density at radius 3 is 2.71 bits per heavy atom. The monoisotopic (exact) mass is 325 g/mol. The first-order valence-corrected chi connectivity index (χ1v) is 8.31. The van der Waals surface area contributed by atoms with Crippen LogP contribution >= 0.6 is 0 Å². The predicted molar refractivity (Wildman–Crippen MR) is 97.4 cm³/mol. The number of amides is 1. The number of hydrogen-bond acceptors (Lipinski definition) is 2. The van der Waals surface area contributed by atoms with Crippen LogP contribution in [0.5, 0.6) is 0 Å². The third-order valence-electron chi connectivity index (χ3n) is 4.23. The molecule has 1 heterocycles. The van der Waals surface area contributed by atoms with Crippen LogP contribution in [0.25, 0.3) is 0 Å². The largest absolute Gasteiger partial charge is 0.355 e. The quantitative estimate of drug-likeness (QED) is 0.886. The zero-order chi connectivity index (χ0) is 17.7. The van der Waals surface area contributed by atoms with E-state index in [1.165, 1.54) is 0 Å². The van der Waals surface area contributed by atoms with Gasteiger partial charge in [0, 0.05) is 13.2 Å². The minimum atomic E-state index is -0.346. The van der Waals surface area contributed by atoms with E-state index in [4.69, 9.17) is 0 Å². The fourth-order valence-electron chi connectivity index (χ4n) is 2.80. The summed E-state index contributed by atoms with van der Waals surface area (Å²) >= 11 is 0. The van der Waals surface area contributed by atoms with Gasteiger partial charge in [-0.3, -0.25) is 9.59 Å². The molecule has 127 valence electrons. The molecule has 4 nitrogen and oxygen atoms in total. The van der Waals surface area contributed by atoms with Crippen molar-refractivity contribution in [3.8, 4) is 0 Å². The SMILES string of the molecule is [CH2]CCCc1cc(C(=O)NC)c(=O)n(C(C)c2cccc(C)c2)c1. The average molecular weight is 325 g/mol. The van der Waals surface area contributed by atoms with E-state index in [1.54, 1.807) is 17.7 Å². The molecule has 24 heavy (non-hydrogen) atoms. The Bertz CT molecular complexity index is 777. The maximum Gasteiger partial charge on any atom is 0.263 e. The van der Waals surface area contributed by atoms with Crippen LogP contribution in [0.2, 0.25) is 0 Å². The second-order valence-electron chi connectivity index (χ2n) is 6.10. The third-order valence-corrected chi connectivity index (χ3v) is 4.23. The highest BCUT2D eigenvalue weighted by Gasteiger charge is 2.17. The van der Waals surface area contributed by atoms with E-state index >= 15 is 0 Å². The van der Waals surface area contributed by atoms with Crippen molar-refractivity contribution < 1.29 is 4.79 Å². The molecule has 1 N–H and O–H groups in total. The minimum Gasteiger partial charge on any atom is -0.355 e. The molecular formula is C20H25N2O2. The minimum absolute atomic E-state index is 0.138. The summed E-state index contributed by atoms with van der Waals surface area (Å²) in [6.07, 6.45) is 4.41. The number of unbranched alkanes of at least 4 members (excludes halogenated alkanes) is 1. The summed E-state index contributed by atoms with van der Waals surface area (Å²) < 4.78 is 1.66. The lowest BCUT2D eigenvalue weighted by Crippen LogP contribution is -2.33. The van der Waals surface area contributed by atoms with Gasteiger partial charge in [-0.05, 0) is 43.9 Å². The number of pyridine rings is 1. The Hall–Kier alpha value is -2.36. The molecule has 0 aliphatic carbocycles.